The monoisotopic (exact) mass is 379 g/mol. The Hall–Kier alpha value is -2.95. The molecule has 0 radical (unpaired) electrons. The molecule has 0 spiro atoms. The molecule has 1 heterocycles. The molecule has 2 atom stereocenters. The molecule has 0 fully saturated rings. The summed E-state index contributed by atoms with van der Waals surface area (Å²) >= 11 is 0. The molecule has 5 heteroatoms. The summed E-state index contributed by atoms with van der Waals surface area (Å²) in [6.45, 7) is 11.7. The largest absolute Gasteiger partial charge is 0.351 e. The first-order valence-electron chi connectivity index (χ1n) is 9.51. The fraction of sp³-hybridized carbons (Fsp3) is 0.348. The third-order valence-electron chi connectivity index (χ3n) is 5.31. The topological polar surface area (TPSA) is 62.3 Å². The number of hydrogen-bond acceptors (Lipinski definition) is 3. The maximum Gasteiger partial charge on any atom is 0.255 e. The van der Waals surface area contributed by atoms with Gasteiger partial charge in [-0.15, -0.1) is 6.58 Å². The van der Waals surface area contributed by atoms with Crippen molar-refractivity contribution < 1.29 is 9.59 Å². The van der Waals surface area contributed by atoms with Crippen LogP contribution in [0.3, 0.4) is 0 Å². The molecule has 0 bridgehead atoms. The van der Waals surface area contributed by atoms with E-state index in [0.29, 0.717) is 12.1 Å². The highest BCUT2D eigenvalue weighted by Crippen LogP contribution is 2.35. The Morgan fingerprint density at radius 1 is 1.14 bits per heavy atom. The number of hydrogen-bond donors (Lipinski definition) is 1. The number of nitrogens with one attached hydrogen (secondary N) is 1. The lowest BCUT2D eigenvalue weighted by molar-refractivity contribution is -0.135. The van der Waals surface area contributed by atoms with E-state index in [-0.39, 0.29) is 23.8 Å². The third kappa shape index (κ3) is 4.30. The Labute approximate surface area is 167 Å². The van der Waals surface area contributed by atoms with Gasteiger partial charge >= 0.3 is 0 Å². The van der Waals surface area contributed by atoms with E-state index < -0.39 is 5.54 Å². The van der Waals surface area contributed by atoms with Crippen molar-refractivity contribution in [1.82, 2.24) is 15.2 Å². The average Bonchev–Trinajstić information content (AvgIpc) is 2.72. The summed E-state index contributed by atoms with van der Waals surface area (Å²) in [4.78, 5) is 32.5. The highest BCUT2D eigenvalue weighted by atomic mass is 16.2. The second-order valence-corrected chi connectivity index (χ2v) is 7.30. The van der Waals surface area contributed by atoms with E-state index in [0.717, 1.165) is 5.56 Å². The molecule has 0 saturated heterocycles. The molecular weight excluding hydrogens is 350 g/mol. The maximum atomic E-state index is 13.6. The SMILES string of the molecule is C=CCNC(=O)C(C)(C(C)C)N(C(=O)c1ccncc1)C(C)c1ccccc1. The molecular formula is C23H29N3O2. The smallest absolute Gasteiger partial charge is 0.255 e. The van der Waals surface area contributed by atoms with Crippen LogP contribution in [0.5, 0.6) is 0 Å². The molecule has 0 aliphatic rings. The van der Waals surface area contributed by atoms with Crippen molar-refractivity contribution >= 4 is 11.8 Å². The van der Waals surface area contributed by atoms with E-state index >= 15 is 0 Å². The molecule has 5 nitrogen and oxygen atoms in total. The van der Waals surface area contributed by atoms with E-state index in [9.17, 15) is 9.59 Å². The summed E-state index contributed by atoms with van der Waals surface area (Å²) in [5, 5.41) is 2.88. The maximum absolute atomic E-state index is 13.6. The Morgan fingerprint density at radius 3 is 2.29 bits per heavy atom. The van der Waals surface area contributed by atoms with E-state index in [1.54, 1.807) is 35.5 Å². The van der Waals surface area contributed by atoms with Gasteiger partial charge in [-0.1, -0.05) is 50.3 Å². The van der Waals surface area contributed by atoms with Crippen LogP contribution in [-0.2, 0) is 4.79 Å². The number of aromatic nitrogens is 1. The molecule has 28 heavy (non-hydrogen) atoms. The fourth-order valence-electron chi connectivity index (χ4n) is 3.30. The molecule has 2 rings (SSSR count). The molecule has 2 aromatic rings. The van der Waals surface area contributed by atoms with Crippen LogP contribution in [0.1, 0.15) is 49.7 Å². The number of carbonyl (C=O) groups is 2. The van der Waals surface area contributed by atoms with Gasteiger partial charge < -0.3 is 10.2 Å². The summed E-state index contributed by atoms with van der Waals surface area (Å²) in [5.74, 6) is -0.523. The number of amides is 2. The van der Waals surface area contributed by atoms with Gasteiger partial charge in [0.25, 0.3) is 5.91 Å². The van der Waals surface area contributed by atoms with Gasteiger partial charge in [-0.25, -0.2) is 0 Å². The summed E-state index contributed by atoms with van der Waals surface area (Å²) in [7, 11) is 0. The number of carbonyl (C=O) groups excluding carboxylic acids is 2. The van der Waals surface area contributed by atoms with Crippen molar-refractivity contribution in [2.45, 2.75) is 39.3 Å². The summed E-state index contributed by atoms with van der Waals surface area (Å²) in [6.07, 6.45) is 4.81. The lowest BCUT2D eigenvalue weighted by Gasteiger charge is -2.46. The second-order valence-electron chi connectivity index (χ2n) is 7.30. The van der Waals surface area contributed by atoms with Crippen molar-refractivity contribution in [2.24, 2.45) is 5.92 Å². The van der Waals surface area contributed by atoms with Gasteiger partial charge in [0, 0.05) is 24.5 Å². The lowest BCUT2D eigenvalue weighted by atomic mass is 9.82. The zero-order valence-corrected chi connectivity index (χ0v) is 17.1. The zero-order chi connectivity index (χ0) is 20.7. The van der Waals surface area contributed by atoms with Crippen LogP contribution in [0.2, 0.25) is 0 Å². The van der Waals surface area contributed by atoms with Crippen molar-refractivity contribution in [2.75, 3.05) is 6.54 Å². The quantitative estimate of drug-likeness (QED) is 0.705. The predicted octanol–water partition coefficient (Wildman–Crippen LogP) is 4.00. The van der Waals surface area contributed by atoms with E-state index in [1.165, 1.54) is 0 Å². The van der Waals surface area contributed by atoms with Crippen molar-refractivity contribution in [3.05, 3.63) is 78.6 Å². The molecule has 2 unspecified atom stereocenters. The lowest BCUT2D eigenvalue weighted by Crippen LogP contribution is -2.62. The first-order chi connectivity index (χ1) is 13.3. The third-order valence-corrected chi connectivity index (χ3v) is 5.31. The Kier molecular flexibility index (Phi) is 7.10. The predicted molar refractivity (Wildman–Crippen MR) is 112 cm³/mol. The van der Waals surface area contributed by atoms with E-state index in [4.69, 9.17) is 0 Å². The summed E-state index contributed by atoms with van der Waals surface area (Å²) in [6, 6.07) is 12.8. The summed E-state index contributed by atoms with van der Waals surface area (Å²) in [5.41, 5.74) is 0.410. The minimum Gasteiger partial charge on any atom is -0.351 e. The minimum absolute atomic E-state index is 0.116. The zero-order valence-electron chi connectivity index (χ0n) is 17.1. The summed E-state index contributed by atoms with van der Waals surface area (Å²) < 4.78 is 0. The average molecular weight is 380 g/mol. The standard InChI is InChI=1S/C23H29N3O2/c1-6-14-25-22(28)23(5,17(2)3)26(18(4)19-10-8-7-9-11-19)21(27)20-12-15-24-16-13-20/h6-13,15-18H,1,14H2,2-5H3,(H,25,28). The van der Waals surface area contributed by atoms with Crippen LogP contribution in [0.4, 0.5) is 0 Å². The normalized spacial score (nSPS) is 14.0. The highest BCUT2D eigenvalue weighted by Gasteiger charge is 2.47. The molecule has 0 saturated carbocycles. The molecule has 0 aliphatic heterocycles. The number of pyridine rings is 1. The van der Waals surface area contributed by atoms with Gasteiger partial charge in [-0.3, -0.25) is 14.6 Å². The van der Waals surface area contributed by atoms with E-state index in [1.807, 2.05) is 58.0 Å². The van der Waals surface area contributed by atoms with Gasteiger partial charge in [0.05, 0.1) is 6.04 Å². The Balaban J connectivity index is 2.59. The van der Waals surface area contributed by atoms with Crippen molar-refractivity contribution in [1.29, 1.82) is 0 Å². The van der Waals surface area contributed by atoms with Crippen LogP contribution in [0.25, 0.3) is 0 Å². The van der Waals surface area contributed by atoms with Gasteiger partial charge in [-0.2, -0.15) is 0 Å². The molecule has 1 aromatic heterocycles. The Morgan fingerprint density at radius 2 is 1.75 bits per heavy atom. The molecule has 0 aliphatic carbocycles. The van der Waals surface area contributed by atoms with Crippen LogP contribution >= 0.6 is 0 Å². The van der Waals surface area contributed by atoms with Gasteiger partial charge in [0.1, 0.15) is 5.54 Å². The number of rotatable bonds is 8. The first kappa shape index (κ1) is 21.4. The Bertz CT molecular complexity index is 805. The molecule has 148 valence electrons. The van der Waals surface area contributed by atoms with Crippen LogP contribution in [0.15, 0.2) is 67.5 Å². The van der Waals surface area contributed by atoms with Crippen molar-refractivity contribution in [3.8, 4) is 0 Å². The minimum atomic E-state index is -1.06. The molecule has 1 N–H and O–H groups in total. The number of nitrogens with zero attached hydrogens (tertiary/aromatic N) is 2. The highest BCUT2D eigenvalue weighted by molar-refractivity contribution is 5.99. The van der Waals surface area contributed by atoms with Crippen LogP contribution in [0, 0.1) is 5.92 Å². The second kappa shape index (κ2) is 9.31. The van der Waals surface area contributed by atoms with Gasteiger partial charge in [0.15, 0.2) is 0 Å². The van der Waals surface area contributed by atoms with E-state index in [2.05, 4.69) is 16.9 Å². The van der Waals surface area contributed by atoms with Crippen LogP contribution < -0.4 is 5.32 Å². The van der Waals surface area contributed by atoms with Crippen molar-refractivity contribution in [3.63, 3.8) is 0 Å². The fourth-order valence-corrected chi connectivity index (χ4v) is 3.30. The number of benzene rings is 1. The van der Waals surface area contributed by atoms with Crippen LogP contribution in [-0.4, -0.2) is 33.8 Å². The van der Waals surface area contributed by atoms with Gasteiger partial charge in [0.2, 0.25) is 5.91 Å². The first-order valence-corrected chi connectivity index (χ1v) is 9.51. The molecule has 1 aromatic carbocycles. The molecule has 2 amide bonds. The van der Waals surface area contributed by atoms with Gasteiger partial charge in [-0.05, 0) is 37.5 Å².